The molecule has 0 spiro atoms. The SMILES string of the molecule is CCC1(CNC(=O)c2cc(Br)c[nH]2)CC1. The quantitative estimate of drug-likeness (QED) is 0.868. The number of nitrogens with one attached hydrogen (secondary N) is 2. The smallest absolute Gasteiger partial charge is 0.267 e. The monoisotopic (exact) mass is 270 g/mol. The van der Waals surface area contributed by atoms with E-state index in [1.165, 1.54) is 12.8 Å². The minimum atomic E-state index is -0.0135. The van der Waals surface area contributed by atoms with Crippen LogP contribution in [0, 0.1) is 5.41 Å². The molecule has 0 bridgehead atoms. The van der Waals surface area contributed by atoms with Crippen LogP contribution in [0.1, 0.15) is 36.7 Å². The molecule has 1 aromatic rings. The van der Waals surface area contributed by atoms with Crippen molar-refractivity contribution < 1.29 is 4.79 Å². The van der Waals surface area contributed by atoms with Crippen molar-refractivity contribution in [2.24, 2.45) is 5.41 Å². The molecule has 0 unspecified atom stereocenters. The van der Waals surface area contributed by atoms with Crippen LogP contribution >= 0.6 is 15.9 Å². The Kier molecular flexibility index (Phi) is 2.87. The van der Waals surface area contributed by atoms with Gasteiger partial charge in [-0.05, 0) is 46.7 Å². The molecule has 1 amide bonds. The zero-order valence-electron chi connectivity index (χ0n) is 8.77. The highest BCUT2D eigenvalue weighted by atomic mass is 79.9. The Labute approximate surface area is 97.8 Å². The van der Waals surface area contributed by atoms with Crippen LogP contribution in [0.2, 0.25) is 0 Å². The third-order valence-corrected chi connectivity index (χ3v) is 3.68. The largest absolute Gasteiger partial charge is 0.356 e. The molecule has 15 heavy (non-hydrogen) atoms. The maximum absolute atomic E-state index is 11.7. The summed E-state index contributed by atoms with van der Waals surface area (Å²) in [5.41, 5.74) is 1.02. The van der Waals surface area contributed by atoms with Crippen molar-refractivity contribution in [2.45, 2.75) is 26.2 Å². The fourth-order valence-electron chi connectivity index (χ4n) is 1.69. The highest BCUT2D eigenvalue weighted by Gasteiger charge is 2.40. The van der Waals surface area contributed by atoms with Crippen LogP contribution in [-0.2, 0) is 0 Å². The zero-order valence-corrected chi connectivity index (χ0v) is 10.4. The molecular weight excluding hydrogens is 256 g/mol. The van der Waals surface area contributed by atoms with E-state index < -0.39 is 0 Å². The van der Waals surface area contributed by atoms with Gasteiger partial charge >= 0.3 is 0 Å². The van der Waals surface area contributed by atoms with E-state index in [-0.39, 0.29) is 5.91 Å². The summed E-state index contributed by atoms with van der Waals surface area (Å²) in [6.07, 6.45) is 5.42. The van der Waals surface area contributed by atoms with Gasteiger partial charge < -0.3 is 10.3 Å². The molecule has 0 atom stereocenters. The molecule has 1 saturated carbocycles. The van der Waals surface area contributed by atoms with Gasteiger partial charge in [-0.1, -0.05) is 6.92 Å². The second-order valence-corrected chi connectivity index (χ2v) is 5.18. The van der Waals surface area contributed by atoms with Crippen molar-refractivity contribution in [2.75, 3.05) is 6.54 Å². The van der Waals surface area contributed by atoms with E-state index in [1.807, 2.05) is 0 Å². The van der Waals surface area contributed by atoms with Crippen LogP contribution < -0.4 is 5.32 Å². The van der Waals surface area contributed by atoms with Gasteiger partial charge in [0.25, 0.3) is 5.91 Å². The number of carbonyl (C=O) groups is 1. The van der Waals surface area contributed by atoms with Gasteiger partial charge in [-0.25, -0.2) is 0 Å². The van der Waals surface area contributed by atoms with Gasteiger partial charge in [-0.3, -0.25) is 4.79 Å². The van der Waals surface area contributed by atoms with Gasteiger partial charge in [0, 0.05) is 17.2 Å². The minimum Gasteiger partial charge on any atom is -0.356 e. The molecule has 2 N–H and O–H groups in total. The summed E-state index contributed by atoms with van der Waals surface area (Å²) in [5.74, 6) is -0.0135. The standard InChI is InChI=1S/C11H15BrN2O/c1-2-11(3-4-11)7-14-10(15)9-5-8(12)6-13-9/h5-6,13H,2-4,7H2,1H3,(H,14,15). The van der Waals surface area contributed by atoms with Gasteiger partial charge in [0.15, 0.2) is 0 Å². The fraction of sp³-hybridized carbons (Fsp3) is 0.545. The Morgan fingerprint density at radius 2 is 2.40 bits per heavy atom. The molecule has 4 heteroatoms. The molecular formula is C11H15BrN2O. The van der Waals surface area contributed by atoms with Crippen molar-refractivity contribution in [3.8, 4) is 0 Å². The lowest BCUT2D eigenvalue weighted by molar-refractivity contribution is 0.0940. The Balaban J connectivity index is 1.88. The molecule has 82 valence electrons. The summed E-state index contributed by atoms with van der Waals surface area (Å²) < 4.78 is 0.907. The van der Waals surface area contributed by atoms with Crippen LogP contribution in [-0.4, -0.2) is 17.4 Å². The summed E-state index contributed by atoms with van der Waals surface area (Å²) in [5, 5.41) is 2.97. The first-order valence-corrected chi connectivity index (χ1v) is 6.07. The number of rotatable bonds is 4. The molecule has 1 aliphatic rings. The summed E-state index contributed by atoms with van der Waals surface area (Å²) in [6, 6.07) is 1.79. The van der Waals surface area contributed by atoms with Crippen molar-refractivity contribution in [3.05, 3.63) is 22.4 Å². The number of halogens is 1. The highest BCUT2D eigenvalue weighted by Crippen LogP contribution is 2.47. The van der Waals surface area contributed by atoms with Crippen molar-refractivity contribution >= 4 is 21.8 Å². The Bertz CT molecular complexity index is 368. The minimum absolute atomic E-state index is 0.0135. The predicted molar refractivity (Wildman–Crippen MR) is 62.8 cm³/mol. The number of aromatic amines is 1. The summed E-state index contributed by atoms with van der Waals surface area (Å²) in [4.78, 5) is 14.6. The molecule has 0 saturated heterocycles. The predicted octanol–water partition coefficient (Wildman–Crippen LogP) is 2.70. The van der Waals surface area contributed by atoms with E-state index in [0.29, 0.717) is 11.1 Å². The normalized spacial score (nSPS) is 17.5. The van der Waals surface area contributed by atoms with E-state index in [4.69, 9.17) is 0 Å². The first-order valence-electron chi connectivity index (χ1n) is 5.27. The molecule has 1 aromatic heterocycles. The summed E-state index contributed by atoms with van der Waals surface area (Å²) in [6.45, 7) is 2.99. The number of aromatic nitrogens is 1. The Morgan fingerprint density at radius 3 is 2.87 bits per heavy atom. The maximum atomic E-state index is 11.7. The van der Waals surface area contributed by atoms with E-state index >= 15 is 0 Å². The van der Waals surface area contributed by atoms with Gasteiger partial charge in [-0.15, -0.1) is 0 Å². The first-order chi connectivity index (χ1) is 7.15. The maximum Gasteiger partial charge on any atom is 0.267 e. The Hall–Kier alpha value is -0.770. The first kappa shape index (κ1) is 10.7. The highest BCUT2D eigenvalue weighted by molar-refractivity contribution is 9.10. The lowest BCUT2D eigenvalue weighted by Gasteiger charge is -2.12. The molecule has 0 radical (unpaired) electrons. The lowest BCUT2D eigenvalue weighted by atomic mass is 10.0. The van der Waals surface area contributed by atoms with Gasteiger partial charge in [0.2, 0.25) is 0 Å². The second-order valence-electron chi connectivity index (χ2n) is 4.27. The third-order valence-electron chi connectivity index (χ3n) is 3.22. The van der Waals surface area contributed by atoms with Gasteiger partial charge in [0.1, 0.15) is 5.69 Å². The number of hydrogen-bond donors (Lipinski definition) is 2. The number of hydrogen-bond acceptors (Lipinski definition) is 1. The molecule has 1 heterocycles. The van der Waals surface area contributed by atoms with E-state index in [0.717, 1.165) is 17.4 Å². The number of carbonyl (C=O) groups excluding carboxylic acids is 1. The van der Waals surface area contributed by atoms with E-state index in [1.54, 1.807) is 12.3 Å². The van der Waals surface area contributed by atoms with Crippen LogP contribution in [0.15, 0.2) is 16.7 Å². The van der Waals surface area contributed by atoms with Crippen molar-refractivity contribution in [3.63, 3.8) is 0 Å². The molecule has 2 rings (SSSR count). The van der Waals surface area contributed by atoms with Crippen LogP contribution in [0.5, 0.6) is 0 Å². The average Bonchev–Trinajstić information content (AvgIpc) is 2.90. The lowest BCUT2D eigenvalue weighted by Crippen LogP contribution is -2.30. The molecule has 1 aliphatic carbocycles. The summed E-state index contributed by atoms with van der Waals surface area (Å²) >= 11 is 3.31. The van der Waals surface area contributed by atoms with Gasteiger partial charge in [-0.2, -0.15) is 0 Å². The van der Waals surface area contributed by atoms with Crippen LogP contribution in [0.4, 0.5) is 0 Å². The molecule has 0 aromatic carbocycles. The van der Waals surface area contributed by atoms with E-state index in [9.17, 15) is 4.79 Å². The second kappa shape index (κ2) is 4.00. The topological polar surface area (TPSA) is 44.9 Å². The summed E-state index contributed by atoms with van der Waals surface area (Å²) in [7, 11) is 0. The number of H-pyrrole nitrogens is 1. The van der Waals surface area contributed by atoms with E-state index in [2.05, 4.69) is 33.2 Å². The zero-order chi connectivity index (χ0) is 10.9. The average molecular weight is 271 g/mol. The third kappa shape index (κ3) is 2.43. The van der Waals surface area contributed by atoms with Crippen LogP contribution in [0.3, 0.4) is 0 Å². The fourth-order valence-corrected chi connectivity index (χ4v) is 2.04. The van der Waals surface area contributed by atoms with Gasteiger partial charge in [0.05, 0.1) is 0 Å². The molecule has 3 nitrogen and oxygen atoms in total. The molecule has 0 aliphatic heterocycles. The number of amides is 1. The Morgan fingerprint density at radius 1 is 1.67 bits per heavy atom. The molecule has 1 fully saturated rings. The van der Waals surface area contributed by atoms with Crippen LogP contribution in [0.25, 0.3) is 0 Å². The van der Waals surface area contributed by atoms with Crippen molar-refractivity contribution in [1.29, 1.82) is 0 Å². The van der Waals surface area contributed by atoms with Crippen molar-refractivity contribution in [1.82, 2.24) is 10.3 Å².